The van der Waals surface area contributed by atoms with Gasteiger partial charge in [-0.05, 0) is 18.2 Å². The fraction of sp³-hybridized carbons (Fsp3) is 0.154. The van der Waals surface area contributed by atoms with Crippen molar-refractivity contribution in [3.05, 3.63) is 62.2 Å². The molecule has 122 valence electrons. The maximum absolute atomic E-state index is 13.2. The number of hydrogen-bond acceptors (Lipinski definition) is 3. The van der Waals surface area contributed by atoms with Crippen LogP contribution >= 0.6 is 0 Å². The van der Waals surface area contributed by atoms with Gasteiger partial charge in [0, 0.05) is 18.9 Å². The van der Waals surface area contributed by atoms with Gasteiger partial charge in [-0.15, -0.1) is 0 Å². The Bertz CT molecular complexity index is 883. The Hall–Kier alpha value is -2.91. The number of anilines is 1. The maximum Gasteiger partial charge on any atom is 0.419 e. The molecule has 1 amide bonds. The first-order chi connectivity index (χ1) is 10.6. The van der Waals surface area contributed by atoms with E-state index in [0.717, 1.165) is 19.3 Å². The van der Waals surface area contributed by atoms with Crippen molar-refractivity contribution >= 4 is 11.6 Å². The molecule has 0 aliphatic carbocycles. The summed E-state index contributed by atoms with van der Waals surface area (Å²) in [6.45, 7) is 0. The molecule has 0 saturated carbocycles. The second-order valence-corrected chi connectivity index (χ2v) is 4.52. The van der Waals surface area contributed by atoms with E-state index >= 15 is 0 Å². The molecule has 1 heterocycles. The first-order valence-corrected chi connectivity index (χ1v) is 6.08. The van der Waals surface area contributed by atoms with Crippen molar-refractivity contribution in [3.8, 4) is 0 Å². The SMILES string of the molecule is Cn1c(=O)[nH]cc(C(=O)Nc2ccc(F)c(C(F)(F)F)c2)c1=O. The zero-order chi connectivity index (χ0) is 17.4. The molecule has 2 rings (SSSR count). The summed E-state index contributed by atoms with van der Waals surface area (Å²) in [7, 11) is 1.12. The van der Waals surface area contributed by atoms with E-state index in [2.05, 4.69) is 4.98 Å². The van der Waals surface area contributed by atoms with Crippen LogP contribution in [0.5, 0.6) is 0 Å². The van der Waals surface area contributed by atoms with E-state index < -0.39 is 40.3 Å². The third kappa shape index (κ3) is 3.30. The van der Waals surface area contributed by atoms with Crippen molar-refractivity contribution in [1.82, 2.24) is 9.55 Å². The Balaban J connectivity index is 2.37. The summed E-state index contributed by atoms with van der Waals surface area (Å²) in [4.78, 5) is 37.0. The smallest absolute Gasteiger partial charge is 0.322 e. The van der Waals surface area contributed by atoms with Crippen LogP contribution in [0.15, 0.2) is 34.0 Å². The Morgan fingerprint density at radius 3 is 2.52 bits per heavy atom. The largest absolute Gasteiger partial charge is 0.419 e. The van der Waals surface area contributed by atoms with Crippen LogP contribution in [0.2, 0.25) is 0 Å². The highest BCUT2D eigenvalue weighted by Gasteiger charge is 2.34. The van der Waals surface area contributed by atoms with Gasteiger partial charge in [-0.25, -0.2) is 9.18 Å². The summed E-state index contributed by atoms with van der Waals surface area (Å²) in [6.07, 6.45) is -4.09. The van der Waals surface area contributed by atoms with Gasteiger partial charge in [-0.3, -0.25) is 14.2 Å². The second kappa shape index (κ2) is 5.71. The monoisotopic (exact) mass is 331 g/mol. The number of halogens is 4. The highest BCUT2D eigenvalue weighted by atomic mass is 19.4. The van der Waals surface area contributed by atoms with E-state index in [1.54, 1.807) is 0 Å². The molecular weight excluding hydrogens is 322 g/mol. The lowest BCUT2D eigenvalue weighted by Crippen LogP contribution is -2.37. The van der Waals surface area contributed by atoms with E-state index in [-0.39, 0.29) is 5.69 Å². The maximum atomic E-state index is 13.2. The van der Waals surface area contributed by atoms with E-state index in [9.17, 15) is 31.9 Å². The molecule has 0 bridgehead atoms. The van der Waals surface area contributed by atoms with E-state index in [4.69, 9.17) is 0 Å². The average Bonchev–Trinajstić information content (AvgIpc) is 2.45. The predicted octanol–water partition coefficient (Wildman–Crippen LogP) is 1.48. The van der Waals surface area contributed by atoms with Crippen molar-refractivity contribution in [2.45, 2.75) is 6.18 Å². The van der Waals surface area contributed by atoms with Crippen molar-refractivity contribution in [1.29, 1.82) is 0 Å². The predicted molar refractivity (Wildman–Crippen MR) is 71.7 cm³/mol. The van der Waals surface area contributed by atoms with E-state index in [1.807, 2.05) is 5.32 Å². The summed E-state index contributed by atoms with van der Waals surface area (Å²) in [5.74, 6) is -2.53. The van der Waals surface area contributed by atoms with Crippen molar-refractivity contribution in [2.24, 2.45) is 7.05 Å². The summed E-state index contributed by atoms with van der Waals surface area (Å²) >= 11 is 0. The molecule has 2 N–H and O–H groups in total. The van der Waals surface area contributed by atoms with Crippen molar-refractivity contribution in [2.75, 3.05) is 5.32 Å². The number of aromatic nitrogens is 2. The number of alkyl halides is 3. The molecule has 6 nitrogen and oxygen atoms in total. The summed E-state index contributed by atoms with van der Waals surface area (Å²) in [5.41, 5.74) is -4.07. The van der Waals surface area contributed by atoms with Gasteiger partial charge in [0.05, 0.1) is 5.56 Å². The Labute approximate surface area is 125 Å². The minimum atomic E-state index is -4.93. The van der Waals surface area contributed by atoms with Crippen molar-refractivity contribution in [3.63, 3.8) is 0 Å². The highest BCUT2D eigenvalue weighted by Crippen LogP contribution is 2.33. The fourth-order valence-corrected chi connectivity index (χ4v) is 1.75. The molecule has 1 aromatic carbocycles. The molecule has 2 aromatic rings. The number of nitrogens with one attached hydrogen (secondary N) is 2. The number of carbonyl (C=O) groups excluding carboxylic acids is 1. The van der Waals surface area contributed by atoms with Crippen LogP contribution in [0.3, 0.4) is 0 Å². The zero-order valence-corrected chi connectivity index (χ0v) is 11.5. The number of aromatic amines is 1. The van der Waals surface area contributed by atoms with Gasteiger partial charge in [0.25, 0.3) is 11.5 Å². The van der Waals surface area contributed by atoms with Crippen LogP contribution in [0.4, 0.5) is 23.2 Å². The standard InChI is InChI=1S/C13H9F4N3O3/c1-20-11(22)7(5-18-12(20)23)10(21)19-6-2-3-9(14)8(4-6)13(15,16)17/h2-5H,1H3,(H,18,23)(H,19,21). The van der Waals surface area contributed by atoms with Crippen molar-refractivity contribution < 1.29 is 22.4 Å². The molecule has 0 radical (unpaired) electrons. The molecule has 0 aliphatic heterocycles. The van der Waals surface area contributed by atoms with Gasteiger partial charge in [-0.2, -0.15) is 13.2 Å². The summed E-state index contributed by atoms with van der Waals surface area (Å²) in [5, 5.41) is 2.04. The van der Waals surface area contributed by atoms with Crippen LogP contribution in [-0.4, -0.2) is 15.5 Å². The lowest BCUT2D eigenvalue weighted by molar-refractivity contribution is -0.139. The van der Waals surface area contributed by atoms with Crippen LogP contribution in [-0.2, 0) is 13.2 Å². The van der Waals surface area contributed by atoms with Gasteiger partial charge in [-0.1, -0.05) is 0 Å². The number of carbonyl (C=O) groups is 1. The number of hydrogen-bond donors (Lipinski definition) is 2. The highest BCUT2D eigenvalue weighted by molar-refractivity contribution is 6.03. The fourth-order valence-electron chi connectivity index (χ4n) is 1.75. The zero-order valence-electron chi connectivity index (χ0n) is 11.5. The molecule has 10 heteroatoms. The van der Waals surface area contributed by atoms with Gasteiger partial charge in [0.15, 0.2) is 0 Å². The van der Waals surface area contributed by atoms with Gasteiger partial charge >= 0.3 is 11.9 Å². The minimum Gasteiger partial charge on any atom is -0.322 e. The summed E-state index contributed by atoms with van der Waals surface area (Å²) < 4.78 is 51.6. The van der Waals surface area contributed by atoms with Gasteiger partial charge in [0.2, 0.25) is 0 Å². The normalized spacial score (nSPS) is 11.3. The molecule has 1 aromatic heterocycles. The van der Waals surface area contributed by atoms with Gasteiger partial charge in [0.1, 0.15) is 11.4 Å². The second-order valence-electron chi connectivity index (χ2n) is 4.52. The number of nitrogens with zero attached hydrogens (tertiary/aromatic N) is 1. The minimum absolute atomic E-state index is 0.350. The third-order valence-corrected chi connectivity index (χ3v) is 2.95. The lowest BCUT2D eigenvalue weighted by Gasteiger charge is -2.11. The van der Waals surface area contributed by atoms with Crippen LogP contribution in [0.1, 0.15) is 15.9 Å². The Kier molecular flexibility index (Phi) is 4.08. The van der Waals surface area contributed by atoms with Gasteiger partial charge < -0.3 is 10.3 Å². The van der Waals surface area contributed by atoms with Crippen LogP contribution < -0.4 is 16.6 Å². The number of rotatable bonds is 2. The number of H-pyrrole nitrogens is 1. The molecule has 0 unspecified atom stereocenters. The van der Waals surface area contributed by atoms with Crippen LogP contribution in [0, 0.1) is 5.82 Å². The lowest BCUT2D eigenvalue weighted by atomic mass is 10.1. The Morgan fingerprint density at radius 1 is 1.26 bits per heavy atom. The molecular formula is C13H9F4N3O3. The number of amides is 1. The molecule has 23 heavy (non-hydrogen) atoms. The quantitative estimate of drug-likeness (QED) is 0.818. The molecule has 0 fully saturated rings. The first-order valence-electron chi connectivity index (χ1n) is 6.08. The Morgan fingerprint density at radius 2 is 1.91 bits per heavy atom. The van der Waals surface area contributed by atoms with E-state index in [0.29, 0.717) is 16.7 Å². The average molecular weight is 331 g/mol. The third-order valence-electron chi connectivity index (χ3n) is 2.95. The molecule has 0 saturated heterocycles. The van der Waals surface area contributed by atoms with Crippen LogP contribution in [0.25, 0.3) is 0 Å². The molecule has 0 aliphatic rings. The number of benzene rings is 1. The molecule has 0 spiro atoms. The topological polar surface area (TPSA) is 84.0 Å². The first kappa shape index (κ1) is 16.5. The summed E-state index contributed by atoms with van der Waals surface area (Å²) in [6, 6.07) is 1.87. The van der Waals surface area contributed by atoms with E-state index in [1.165, 1.54) is 0 Å². The molecule has 0 atom stereocenters.